The van der Waals surface area contributed by atoms with E-state index in [9.17, 15) is 35.8 Å². The molecule has 1 saturated carbocycles. The van der Waals surface area contributed by atoms with Crippen LogP contribution in [0, 0.1) is 5.82 Å². The van der Waals surface area contributed by atoms with Gasteiger partial charge in [0.25, 0.3) is 5.91 Å². The molecule has 1 aliphatic heterocycles. The number of alkyl halides is 3. The number of carbonyl (C=O) groups excluding carboxylic acids is 1. The van der Waals surface area contributed by atoms with Crippen LogP contribution in [0.2, 0.25) is 0 Å². The van der Waals surface area contributed by atoms with Gasteiger partial charge in [-0.2, -0.15) is 13.2 Å². The lowest BCUT2D eigenvalue weighted by atomic mass is 9.75. The fraction of sp³-hybridized carbons (Fsp3) is 0.276. The van der Waals surface area contributed by atoms with E-state index in [2.05, 4.69) is 5.32 Å². The van der Waals surface area contributed by atoms with Crippen LogP contribution in [0.15, 0.2) is 52.9 Å². The summed E-state index contributed by atoms with van der Waals surface area (Å²) in [6, 6.07) is 10.8. The van der Waals surface area contributed by atoms with Crippen molar-refractivity contribution in [3.05, 3.63) is 82.2 Å². The lowest BCUT2D eigenvalue weighted by Gasteiger charge is -2.26. The number of rotatable bonds is 7. The predicted octanol–water partition coefficient (Wildman–Crippen LogP) is 4.68. The predicted molar refractivity (Wildman–Crippen MR) is 152 cm³/mol. The summed E-state index contributed by atoms with van der Waals surface area (Å²) >= 11 is 0. The van der Waals surface area contributed by atoms with E-state index in [1.165, 1.54) is 43.4 Å². The highest BCUT2D eigenvalue weighted by molar-refractivity contribution is 7.92. The van der Waals surface area contributed by atoms with Gasteiger partial charge in [-0.3, -0.25) is 9.10 Å². The minimum Gasteiger partial charge on any atom is -0.455 e. The standard InChI is InChI=1S/C29H25BF4N2O6S/c1-35-28(37)25-21-11-20(16-3-4-16)23(12-24(21)42-27(25)17-5-7-19(31)8-6-17)36(43(2,39)40)13-15-9-18-14-41-30(38)26(18)22(10-15)29(32,33)34/h5-12,16,38H,3-4,13-14H2,1-2H3,(H,35,37). The molecule has 1 fully saturated rings. The molecule has 2 N–H and O–H groups in total. The Balaban J connectivity index is 1.53. The number of amides is 1. The van der Waals surface area contributed by atoms with E-state index < -0.39 is 47.2 Å². The molecule has 4 aromatic rings. The minimum absolute atomic E-state index is 0.0420. The topological polar surface area (TPSA) is 109 Å². The van der Waals surface area contributed by atoms with Gasteiger partial charge in [0.15, 0.2) is 0 Å². The van der Waals surface area contributed by atoms with Gasteiger partial charge in [0.05, 0.1) is 36.2 Å². The van der Waals surface area contributed by atoms with Crippen LogP contribution in [-0.2, 0) is 34.0 Å². The van der Waals surface area contributed by atoms with Gasteiger partial charge in [0.2, 0.25) is 10.0 Å². The maximum Gasteiger partial charge on any atom is 0.492 e. The molecule has 3 aromatic carbocycles. The maximum atomic E-state index is 14.0. The van der Waals surface area contributed by atoms with Gasteiger partial charge in [0, 0.05) is 24.1 Å². The molecule has 14 heteroatoms. The summed E-state index contributed by atoms with van der Waals surface area (Å²) in [7, 11) is -4.34. The number of hydrogen-bond donors (Lipinski definition) is 2. The van der Waals surface area contributed by atoms with E-state index in [-0.39, 0.29) is 51.7 Å². The van der Waals surface area contributed by atoms with Gasteiger partial charge >= 0.3 is 13.3 Å². The summed E-state index contributed by atoms with van der Waals surface area (Å²) in [5.41, 5.74) is 0.295. The first-order chi connectivity index (χ1) is 20.3. The van der Waals surface area contributed by atoms with E-state index in [1.807, 2.05) is 0 Å². The molecule has 0 atom stereocenters. The summed E-state index contributed by atoms with van der Waals surface area (Å²) in [4.78, 5) is 13.0. The lowest BCUT2D eigenvalue weighted by Crippen LogP contribution is -2.36. The molecule has 1 aliphatic carbocycles. The molecule has 2 aliphatic rings. The normalized spacial score (nSPS) is 15.2. The molecule has 0 saturated heterocycles. The van der Waals surface area contributed by atoms with E-state index in [1.54, 1.807) is 6.07 Å². The second kappa shape index (κ2) is 10.4. The molecule has 8 nitrogen and oxygen atoms in total. The first kappa shape index (κ1) is 29.2. The highest BCUT2D eigenvalue weighted by atomic mass is 32.2. The molecule has 0 radical (unpaired) electrons. The zero-order valence-corrected chi connectivity index (χ0v) is 23.8. The summed E-state index contributed by atoms with van der Waals surface area (Å²) < 4.78 is 94.2. The second-order valence-electron chi connectivity index (χ2n) is 10.7. The first-order valence-electron chi connectivity index (χ1n) is 13.3. The molecule has 1 aromatic heterocycles. The van der Waals surface area contributed by atoms with Gasteiger partial charge in [-0.25, -0.2) is 12.8 Å². The molecule has 1 amide bonds. The molecule has 0 unspecified atom stereocenters. The van der Waals surface area contributed by atoms with Crippen molar-refractivity contribution >= 4 is 45.2 Å². The van der Waals surface area contributed by atoms with Gasteiger partial charge in [0.1, 0.15) is 17.2 Å². The Morgan fingerprint density at radius 2 is 1.84 bits per heavy atom. The second-order valence-corrected chi connectivity index (χ2v) is 12.6. The highest BCUT2D eigenvalue weighted by Crippen LogP contribution is 2.48. The van der Waals surface area contributed by atoms with Crippen molar-refractivity contribution in [1.82, 2.24) is 5.32 Å². The number of fused-ring (bicyclic) bond motifs is 2. The van der Waals surface area contributed by atoms with Gasteiger partial charge in [-0.05, 0) is 77.3 Å². The molecular weight excluding hydrogens is 591 g/mol. The van der Waals surface area contributed by atoms with Crippen LogP contribution in [-0.4, -0.2) is 39.8 Å². The number of anilines is 1. The first-order valence-corrected chi connectivity index (χ1v) is 15.2. The SMILES string of the molecule is CNC(=O)c1c(-c2ccc(F)cc2)oc2cc(N(Cc3cc4c(c(C(F)(F)F)c3)B(O)OC4)S(C)(=O)=O)c(C3CC3)cc12. The molecule has 0 spiro atoms. The van der Waals surface area contributed by atoms with Crippen LogP contribution in [0.5, 0.6) is 0 Å². The van der Waals surface area contributed by atoms with E-state index in [0.717, 1.165) is 29.5 Å². The van der Waals surface area contributed by atoms with E-state index in [0.29, 0.717) is 16.5 Å². The van der Waals surface area contributed by atoms with Gasteiger partial charge in [-0.1, -0.05) is 6.07 Å². The molecule has 2 heterocycles. The van der Waals surface area contributed by atoms with Crippen LogP contribution < -0.4 is 15.1 Å². The zero-order chi connectivity index (χ0) is 30.8. The third-order valence-corrected chi connectivity index (χ3v) is 8.81. The van der Waals surface area contributed by atoms with Crippen LogP contribution in [0.3, 0.4) is 0 Å². The smallest absolute Gasteiger partial charge is 0.455 e. The number of halogens is 4. The minimum atomic E-state index is -4.82. The third kappa shape index (κ3) is 5.38. The van der Waals surface area contributed by atoms with Crippen molar-refractivity contribution in [3.8, 4) is 11.3 Å². The molecule has 0 bridgehead atoms. The molecule has 6 rings (SSSR count). The maximum absolute atomic E-state index is 14.0. The van der Waals surface area contributed by atoms with E-state index in [4.69, 9.17) is 9.07 Å². The third-order valence-electron chi connectivity index (χ3n) is 7.68. The van der Waals surface area contributed by atoms with Crippen molar-refractivity contribution < 1.29 is 44.9 Å². The number of furan rings is 1. The fourth-order valence-electron chi connectivity index (χ4n) is 5.56. The Morgan fingerprint density at radius 1 is 1.14 bits per heavy atom. The Morgan fingerprint density at radius 3 is 2.44 bits per heavy atom. The van der Waals surface area contributed by atoms with Crippen molar-refractivity contribution in [2.24, 2.45) is 0 Å². The number of benzene rings is 3. The molecule has 43 heavy (non-hydrogen) atoms. The van der Waals surface area contributed by atoms with Crippen molar-refractivity contribution in [2.75, 3.05) is 17.6 Å². The number of hydrogen-bond acceptors (Lipinski definition) is 6. The highest BCUT2D eigenvalue weighted by Gasteiger charge is 2.42. The summed E-state index contributed by atoms with van der Waals surface area (Å²) in [6.07, 6.45) is -2.36. The summed E-state index contributed by atoms with van der Waals surface area (Å²) in [6.45, 7) is -0.698. The van der Waals surface area contributed by atoms with Gasteiger partial charge in [-0.15, -0.1) is 0 Å². The van der Waals surface area contributed by atoms with E-state index >= 15 is 0 Å². The molecular formula is C29H25BF4N2O6S. The largest absolute Gasteiger partial charge is 0.492 e. The van der Waals surface area contributed by atoms with Gasteiger partial charge < -0.3 is 19.4 Å². The van der Waals surface area contributed by atoms with Crippen LogP contribution >= 0.6 is 0 Å². The number of sulfonamides is 1. The molecule has 224 valence electrons. The Bertz CT molecular complexity index is 1870. The van der Waals surface area contributed by atoms with Crippen LogP contribution in [0.25, 0.3) is 22.3 Å². The fourth-order valence-corrected chi connectivity index (χ4v) is 6.46. The Kier molecular flexibility index (Phi) is 7.06. The van der Waals surface area contributed by atoms with Crippen LogP contribution in [0.1, 0.15) is 51.4 Å². The van der Waals surface area contributed by atoms with Crippen molar-refractivity contribution in [2.45, 2.75) is 38.1 Å². The summed E-state index contributed by atoms with van der Waals surface area (Å²) in [5.74, 6) is -0.828. The quantitative estimate of drug-likeness (QED) is 0.231. The average Bonchev–Trinajstić information content (AvgIpc) is 3.63. The zero-order valence-electron chi connectivity index (χ0n) is 23.0. The Hall–Kier alpha value is -3.88. The monoisotopic (exact) mass is 616 g/mol. The van der Waals surface area contributed by atoms with Crippen molar-refractivity contribution in [3.63, 3.8) is 0 Å². The Labute approximate surface area is 244 Å². The summed E-state index contributed by atoms with van der Waals surface area (Å²) in [5, 5.41) is 13.0. The number of carbonyl (C=O) groups is 1. The lowest BCUT2D eigenvalue weighted by molar-refractivity contribution is -0.136. The van der Waals surface area contributed by atoms with Crippen molar-refractivity contribution in [1.29, 1.82) is 0 Å². The average molecular weight is 616 g/mol. The number of nitrogens with one attached hydrogen (secondary N) is 1. The number of nitrogens with zero attached hydrogens (tertiary/aromatic N) is 1. The van der Waals surface area contributed by atoms with Crippen LogP contribution in [0.4, 0.5) is 23.2 Å².